The molecular weight excluding hydrogens is 422 g/mol. The van der Waals surface area contributed by atoms with Crippen LogP contribution in [0, 0.1) is 0 Å². The molecule has 2 aromatic carbocycles. The average Bonchev–Trinajstić information content (AvgIpc) is 2.65. The van der Waals surface area contributed by atoms with Crippen molar-refractivity contribution in [2.75, 3.05) is 12.4 Å². The summed E-state index contributed by atoms with van der Waals surface area (Å²) in [5.41, 5.74) is 2.56. The maximum absolute atomic E-state index is 13.6. The highest BCUT2D eigenvalue weighted by Gasteiger charge is 2.48. The predicted molar refractivity (Wildman–Crippen MR) is 112 cm³/mol. The lowest BCUT2D eigenvalue weighted by molar-refractivity contribution is -0.114. The Morgan fingerprint density at radius 3 is 2.54 bits per heavy atom. The van der Waals surface area contributed by atoms with Crippen molar-refractivity contribution in [3.63, 3.8) is 0 Å². The molecule has 146 valence electrons. The Hall–Kier alpha value is -2.47. The van der Waals surface area contributed by atoms with E-state index in [-0.39, 0.29) is 29.5 Å². The van der Waals surface area contributed by atoms with Gasteiger partial charge in [0.25, 0.3) is 0 Å². The molecule has 1 aliphatic carbocycles. The van der Waals surface area contributed by atoms with Crippen molar-refractivity contribution in [2.45, 2.75) is 37.4 Å². The summed E-state index contributed by atoms with van der Waals surface area (Å²) in [5.74, 6) is 0.0867. The molecule has 1 amide bonds. The summed E-state index contributed by atoms with van der Waals surface area (Å²) in [6, 6.07) is 10.6. The molecule has 1 aliphatic rings. The highest BCUT2D eigenvalue weighted by molar-refractivity contribution is 9.10. The van der Waals surface area contributed by atoms with E-state index in [1.807, 2.05) is 18.2 Å². The summed E-state index contributed by atoms with van der Waals surface area (Å²) in [6.45, 7) is 5.51. The first-order valence-electron chi connectivity index (χ1n) is 9.05. The molecular formula is C22H22BrNO4. The lowest BCUT2D eigenvalue weighted by atomic mass is 9.76. The molecule has 5 nitrogen and oxygen atoms in total. The van der Waals surface area contributed by atoms with Gasteiger partial charge in [-0.2, -0.15) is 0 Å². The van der Waals surface area contributed by atoms with Gasteiger partial charge in [-0.25, -0.2) is 0 Å². The van der Waals surface area contributed by atoms with E-state index in [0.29, 0.717) is 28.5 Å². The van der Waals surface area contributed by atoms with Crippen molar-refractivity contribution in [1.82, 2.24) is 0 Å². The largest absolute Gasteiger partial charge is 0.496 e. The van der Waals surface area contributed by atoms with Gasteiger partial charge in [-0.1, -0.05) is 54.0 Å². The van der Waals surface area contributed by atoms with E-state index in [0.717, 1.165) is 5.56 Å². The van der Waals surface area contributed by atoms with E-state index < -0.39 is 4.32 Å². The second-order valence-corrected chi connectivity index (χ2v) is 8.61. The van der Waals surface area contributed by atoms with E-state index >= 15 is 0 Å². The van der Waals surface area contributed by atoms with Crippen LogP contribution in [-0.2, 0) is 9.12 Å². The monoisotopic (exact) mass is 443 g/mol. The van der Waals surface area contributed by atoms with Gasteiger partial charge in [0, 0.05) is 24.5 Å². The molecule has 0 fully saturated rings. The predicted octanol–water partition coefficient (Wildman–Crippen LogP) is 4.84. The third kappa shape index (κ3) is 3.37. The number of nitrogens with one attached hydrogen (secondary N) is 1. The Morgan fingerprint density at radius 2 is 1.93 bits per heavy atom. The van der Waals surface area contributed by atoms with Gasteiger partial charge in [-0.15, -0.1) is 0 Å². The molecule has 0 heterocycles. The third-order valence-corrected chi connectivity index (χ3v) is 6.05. The summed E-state index contributed by atoms with van der Waals surface area (Å²) in [7, 11) is 1.55. The average molecular weight is 444 g/mol. The maximum atomic E-state index is 13.6. The van der Waals surface area contributed by atoms with Crippen LogP contribution in [0.15, 0.2) is 36.4 Å². The molecule has 1 N–H and O–H groups in total. The third-order valence-electron chi connectivity index (χ3n) is 4.99. The number of fused-ring (bicyclic) bond motifs is 1. The quantitative estimate of drug-likeness (QED) is 0.686. The second kappa shape index (κ2) is 7.51. The van der Waals surface area contributed by atoms with Crippen LogP contribution >= 0.6 is 15.9 Å². The smallest absolute Gasteiger partial charge is 0.221 e. The minimum atomic E-state index is -1.26. The van der Waals surface area contributed by atoms with E-state index in [2.05, 4.69) is 35.1 Å². The Balaban J connectivity index is 2.19. The van der Waals surface area contributed by atoms with Gasteiger partial charge >= 0.3 is 0 Å². The standard InChI is InChI=1S/C22H22BrNO4/c1-12(2)14-8-9-16(19(10-14)28-4)22(23)11-18(26)15-6-5-7-17(24-13(3)25)20(15)21(22)27/h5-10,12H,11H2,1-4H3,(H,24,25). The number of Topliss-reactive ketones (excluding diaryl/α,β-unsaturated/α-hetero) is 2. The minimum absolute atomic E-state index is 0.0280. The maximum Gasteiger partial charge on any atom is 0.221 e. The van der Waals surface area contributed by atoms with Crippen LogP contribution in [-0.4, -0.2) is 24.6 Å². The number of ether oxygens (including phenoxy) is 1. The van der Waals surface area contributed by atoms with E-state index in [1.165, 1.54) is 6.92 Å². The van der Waals surface area contributed by atoms with E-state index in [9.17, 15) is 14.4 Å². The SMILES string of the molecule is COc1cc(C(C)C)ccc1C1(Br)CC(=O)c2cccc(NC(C)=O)c2C1=O. The molecule has 0 bridgehead atoms. The van der Waals surface area contributed by atoms with Gasteiger partial charge < -0.3 is 10.1 Å². The molecule has 28 heavy (non-hydrogen) atoms. The van der Waals surface area contributed by atoms with Crippen LogP contribution in [0.2, 0.25) is 0 Å². The van der Waals surface area contributed by atoms with E-state index in [1.54, 1.807) is 25.3 Å². The zero-order chi connectivity index (χ0) is 20.6. The van der Waals surface area contributed by atoms with Crippen molar-refractivity contribution >= 4 is 39.1 Å². The molecule has 3 rings (SSSR count). The number of carbonyl (C=O) groups excluding carboxylic acids is 3. The lowest BCUT2D eigenvalue weighted by Crippen LogP contribution is -2.38. The summed E-state index contributed by atoms with van der Waals surface area (Å²) in [6.07, 6.45) is -0.0280. The summed E-state index contributed by atoms with van der Waals surface area (Å²) in [4.78, 5) is 38.0. The molecule has 0 spiro atoms. The van der Waals surface area contributed by atoms with Crippen molar-refractivity contribution in [3.8, 4) is 5.75 Å². The molecule has 0 saturated carbocycles. The number of alkyl halides is 1. The fraction of sp³-hybridized carbons (Fsp3) is 0.318. The van der Waals surface area contributed by atoms with Crippen LogP contribution in [0.4, 0.5) is 5.69 Å². The molecule has 0 radical (unpaired) electrons. The number of halogens is 1. The zero-order valence-corrected chi connectivity index (χ0v) is 17.8. The zero-order valence-electron chi connectivity index (χ0n) is 16.3. The van der Waals surface area contributed by atoms with Crippen LogP contribution < -0.4 is 10.1 Å². The van der Waals surface area contributed by atoms with Crippen LogP contribution in [0.25, 0.3) is 0 Å². The van der Waals surface area contributed by atoms with E-state index in [4.69, 9.17) is 4.74 Å². The van der Waals surface area contributed by atoms with Crippen molar-refractivity contribution in [3.05, 3.63) is 58.7 Å². The number of ketones is 2. The summed E-state index contributed by atoms with van der Waals surface area (Å²) >= 11 is 3.57. The number of amides is 1. The Labute approximate surface area is 172 Å². The molecule has 1 atom stereocenters. The van der Waals surface area contributed by atoms with Gasteiger partial charge in [0.05, 0.1) is 18.4 Å². The van der Waals surface area contributed by atoms with Gasteiger partial charge in [-0.05, 0) is 23.6 Å². The van der Waals surface area contributed by atoms with Crippen molar-refractivity contribution in [1.29, 1.82) is 0 Å². The number of hydrogen-bond acceptors (Lipinski definition) is 4. The summed E-state index contributed by atoms with van der Waals surface area (Å²) < 4.78 is 4.30. The lowest BCUT2D eigenvalue weighted by Gasteiger charge is -2.33. The summed E-state index contributed by atoms with van der Waals surface area (Å²) in [5, 5.41) is 2.66. The number of carbonyl (C=O) groups is 3. The topological polar surface area (TPSA) is 72.5 Å². The van der Waals surface area contributed by atoms with Crippen molar-refractivity contribution < 1.29 is 19.1 Å². The second-order valence-electron chi connectivity index (χ2n) is 7.25. The molecule has 2 aromatic rings. The van der Waals surface area contributed by atoms with Crippen LogP contribution in [0.5, 0.6) is 5.75 Å². The number of benzene rings is 2. The first-order valence-corrected chi connectivity index (χ1v) is 9.84. The molecule has 0 saturated heterocycles. The first kappa shape index (κ1) is 20.3. The minimum Gasteiger partial charge on any atom is -0.496 e. The van der Waals surface area contributed by atoms with Gasteiger partial charge in [0.1, 0.15) is 10.1 Å². The highest BCUT2D eigenvalue weighted by Crippen LogP contribution is 2.48. The van der Waals surface area contributed by atoms with Crippen molar-refractivity contribution in [2.24, 2.45) is 0 Å². The molecule has 0 aromatic heterocycles. The molecule has 6 heteroatoms. The Morgan fingerprint density at radius 1 is 1.21 bits per heavy atom. The fourth-order valence-electron chi connectivity index (χ4n) is 3.53. The number of methoxy groups -OCH3 is 1. The van der Waals surface area contributed by atoms with Gasteiger partial charge in [0.2, 0.25) is 5.91 Å². The van der Waals surface area contributed by atoms with Gasteiger partial charge in [-0.3, -0.25) is 14.4 Å². The molecule has 0 aliphatic heterocycles. The van der Waals surface area contributed by atoms with Gasteiger partial charge in [0.15, 0.2) is 11.6 Å². The number of rotatable bonds is 4. The Kier molecular flexibility index (Phi) is 5.44. The highest BCUT2D eigenvalue weighted by atomic mass is 79.9. The number of hydrogen-bond donors (Lipinski definition) is 1. The number of anilines is 1. The first-order chi connectivity index (χ1) is 13.2. The normalized spacial score (nSPS) is 18.8. The Bertz CT molecular complexity index is 982. The van der Waals surface area contributed by atoms with Crippen LogP contribution in [0.1, 0.15) is 65.0 Å². The van der Waals surface area contributed by atoms with Crippen LogP contribution in [0.3, 0.4) is 0 Å². The fourth-order valence-corrected chi connectivity index (χ4v) is 4.31. The molecule has 1 unspecified atom stereocenters.